The van der Waals surface area contributed by atoms with Gasteiger partial charge in [0.2, 0.25) is 0 Å². The van der Waals surface area contributed by atoms with Crippen molar-refractivity contribution in [1.29, 1.82) is 0 Å². The highest BCUT2D eigenvalue weighted by Gasteiger charge is 2.09. The first-order valence-corrected chi connectivity index (χ1v) is 6.24. The van der Waals surface area contributed by atoms with Crippen LogP contribution in [-0.2, 0) is 0 Å². The third kappa shape index (κ3) is 2.28. The lowest BCUT2D eigenvalue weighted by molar-refractivity contribution is 0.457. The van der Waals surface area contributed by atoms with Crippen LogP contribution in [0, 0.1) is 12.7 Å². The van der Waals surface area contributed by atoms with Crippen molar-refractivity contribution in [1.82, 2.24) is 4.98 Å². The number of fused-ring (bicyclic) bond motifs is 1. The molecule has 100 valence electrons. The van der Waals surface area contributed by atoms with Crippen molar-refractivity contribution >= 4 is 22.8 Å². The van der Waals surface area contributed by atoms with Gasteiger partial charge in [-0.15, -0.1) is 0 Å². The van der Waals surface area contributed by atoms with E-state index in [1.54, 1.807) is 12.3 Å². The van der Waals surface area contributed by atoms with Gasteiger partial charge in [-0.1, -0.05) is 12.1 Å². The summed E-state index contributed by atoms with van der Waals surface area (Å²) in [6.45, 7) is 1.98. The summed E-state index contributed by atoms with van der Waals surface area (Å²) >= 11 is 0. The number of aromatic amines is 1. The Bertz CT molecular complexity index is 805. The smallest absolute Gasteiger partial charge is 0.198 e. The quantitative estimate of drug-likeness (QED) is 0.676. The molecule has 0 aliphatic rings. The van der Waals surface area contributed by atoms with Gasteiger partial charge in [0, 0.05) is 17.1 Å². The fourth-order valence-corrected chi connectivity index (χ4v) is 2.15. The lowest BCUT2D eigenvalue weighted by atomic mass is 10.2. The Hall–Kier alpha value is -2.62. The molecular weight excluding hydrogens is 255 g/mol. The molecule has 0 unspecified atom stereocenters. The number of halogens is 1. The Labute approximate surface area is 115 Å². The lowest BCUT2D eigenvalue weighted by Gasteiger charge is -1.96. The van der Waals surface area contributed by atoms with E-state index < -0.39 is 0 Å². The first kappa shape index (κ1) is 12.4. The van der Waals surface area contributed by atoms with E-state index in [4.69, 9.17) is 0 Å². The monoisotopic (exact) mass is 268 g/mol. The summed E-state index contributed by atoms with van der Waals surface area (Å²) in [7, 11) is 0. The molecule has 0 amide bonds. The van der Waals surface area contributed by atoms with Crippen LogP contribution < -0.4 is 0 Å². The van der Waals surface area contributed by atoms with Crippen LogP contribution in [0.5, 0.6) is 5.88 Å². The van der Waals surface area contributed by atoms with Gasteiger partial charge in [-0.3, -0.25) is 4.99 Å². The zero-order valence-electron chi connectivity index (χ0n) is 10.9. The van der Waals surface area contributed by atoms with Gasteiger partial charge in [-0.25, -0.2) is 4.39 Å². The molecule has 0 bridgehead atoms. The SMILES string of the molecule is Cc1cccc(N=Cc2c(O)[nH]c3ccc(F)cc23)c1. The molecule has 1 heterocycles. The number of nitrogens with one attached hydrogen (secondary N) is 1. The topological polar surface area (TPSA) is 48.4 Å². The summed E-state index contributed by atoms with van der Waals surface area (Å²) in [5, 5.41) is 10.5. The molecule has 0 spiro atoms. The first-order chi connectivity index (χ1) is 9.63. The molecule has 0 saturated heterocycles. The summed E-state index contributed by atoms with van der Waals surface area (Å²) in [6, 6.07) is 12.0. The average molecular weight is 268 g/mol. The molecular formula is C16H13FN2O. The largest absolute Gasteiger partial charge is 0.494 e. The summed E-state index contributed by atoms with van der Waals surface area (Å²) in [5.41, 5.74) is 3.06. The Morgan fingerprint density at radius 2 is 2.05 bits per heavy atom. The summed E-state index contributed by atoms with van der Waals surface area (Å²) < 4.78 is 13.3. The van der Waals surface area contributed by atoms with Crippen molar-refractivity contribution < 1.29 is 9.50 Å². The maximum absolute atomic E-state index is 13.3. The van der Waals surface area contributed by atoms with Crippen molar-refractivity contribution in [2.45, 2.75) is 6.92 Å². The van der Waals surface area contributed by atoms with Crippen LogP contribution in [0.15, 0.2) is 47.5 Å². The first-order valence-electron chi connectivity index (χ1n) is 6.24. The number of hydrogen-bond acceptors (Lipinski definition) is 2. The zero-order valence-corrected chi connectivity index (χ0v) is 10.9. The fraction of sp³-hybridized carbons (Fsp3) is 0.0625. The van der Waals surface area contributed by atoms with Crippen molar-refractivity contribution in [2.24, 2.45) is 4.99 Å². The Kier molecular flexibility index (Phi) is 2.99. The molecule has 0 aliphatic heterocycles. The van der Waals surface area contributed by atoms with Crippen LogP contribution >= 0.6 is 0 Å². The van der Waals surface area contributed by atoms with Crippen molar-refractivity contribution in [3.63, 3.8) is 0 Å². The number of benzene rings is 2. The van der Waals surface area contributed by atoms with E-state index >= 15 is 0 Å². The van der Waals surface area contributed by atoms with Crippen LogP contribution in [0.4, 0.5) is 10.1 Å². The molecule has 2 N–H and O–H groups in total. The van der Waals surface area contributed by atoms with Gasteiger partial charge in [-0.2, -0.15) is 0 Å². The van der Waals surface area contributed by atoms with Gasteiger partial charge in [0.1, 0.15) is 5.82 Å². The van der Waals surface area contributed by atoms with Gasteiger partial charge in [0.15, 0.2) is 5.88 Å². The predicted molar refractivity (Wildman–Crippen MR) is 78.4 cm³/mol. The van der Waals surface area contributed by atoms with E-state index in [0.717, 1.165) is 11.3 Å². The standard InChI is InChI=1S/C16H13FN2O/c1-10-3-2-4-12(7-10)18-9-14-13-8-11(17)5-6-15(13)19-16(14)20/h2-9,19-20H,1H3. The van der Waals surface area contributed by atoms with Gasteiger partial charge in [-0.05, 0) is 42.8 Å². The normalized spacial score (nSPS) is 11.5. The number of aryl methyl sites for hydroxylation is 1. The second kappa shape index (κ2) is 4.81. The van der Waals surface area contributed by atoms with E-state index in [1.165, 1.54) is 12.1 Å². The molecule has 20 heavy (non-hydrogen) atoms. The molecule has 4 heteroatoms. The number of rotatable bonds is 2. The number of aromatic hydroxyl groups is 1. The predicted octanol–water partition coefficient (Wildman–Crippen LogP) is 4.07. The Balaban J connectivity index is 2.06. The minimum Gasteiger partial charge on any atom is -0.494 e. The second-order valence-corrected chi connectivity index (χ2v) is 4.67. The Morgan fingerprint density at radius 1 is 1.20 bits per heavy atom. The molecule has 0 atom stereocenters. The molecule has 3 aromatic rings. The van der Waals surface area contributed by atoms with E-state index in [2.05, 4.69) is 9.98 Å². The molecule has 3 rings (SSSR count). The van der Waals surface area contributed by atoms with E-state index in [-0.39, 0.29) is 11.7 Å². The van der Waals surface area contributed by atoms with Crippen molar-refractivity contribution in [2.75, 3.05) is 0 Å². The maximum atomic E-state index is 13.3. The van der Waals surface area contributed by atoms with Gasteiger partial charge in [0.25, 0.3) is 0 Å². The molecule has 3 nitrogen and oxygen atoms in total. The molecule has 0 fully saturated rings. The molecule has 1 aromatic heterocycles. The summed E-state index contributed by atoms with van der Waals surface area (Å²) in [4.78, 5) is 7.12. The van der Waals surface area contributed by atoms with Gasteiger partial charge in [0.05, 0.1) is 11.3 Å². The van der Waals surface area contributed by atoms with E-state index in [9.17, 15) is 9.50 Å². The summed E-state index contributed by atoms with van der Waals surface area (Å²) in [5.74, 6) is -0.358. The van der Waals surface area contributed by atoms with Crippen molar-refractivity contribution in [3.05, 3.63) is 59.4 Å². The second-order valence-electron chi connectivity index (χ2n) is 4.67. The van der Waals surface area contributed by atoms with E-state index in [1.807, 2.05) is 31.2 Å². The molecule has 0 saturated carbocycles. The highest BCUT2D eigenvalue weighted by molar-refractivity contribution is 6.02. The number of nitrogens with zero attached hydrogens (tertiary/aromatic N) is 1. The number of aromatic nitrogens is 1. The van der Waals surface area contributed by atoms with Crippen molar-refractivity contribution in [3.8, 4) is 5.88 Å². The molecule has 0 radical (unpaired) electrons. The number of aliphatic imine (C=N–C) groups is 1. The minimum absolute atomic E-state index is 0.0120. The number of hydrogen-bond donors (Lipinski definition) is 2. The van der Waals surface area contributed by atoms with Crippen LogP contribution in [0.1, 0.15) is 11.1 Å². The van der Waals surface area contributed by atoms with Crippen LogP contribution in [0.3, 0.4) is 0 Å². The Morgan fingerprint density at radius 3 is 2.85 bits per heavy atom. The lowest BCUT2D eigenvalue weighted by Crippen LogP contribution is -1.80. The molecule has 0 aliphatic carbocycles. The minimum atomic E-state index is -0.346. The van der Waals surface area contributed by atoms with Crippen LogP contribution in [0.2, 0.25) is 0 Å². The highest BCUT2D eigenvalue weighted by Crippen LogP contribution is 2.27. The maximum Gasteiger partial charge on any atom is 0.198 e. The van der Waals surface area contributed by atoms with Gasteiger partial charge < -0.3 is 10.1 Å². The summed E-state index contributed by atoms with van der Waals surface area (Å²) in [6.07, 6.45) is 1.54. The average Bonchev–Trinajstić information content (AvgIpc) is 2.72. The third-order valence-electron chi connectivity index (χ3n) is 3.12. The van der Waals surface area contributed by atoms with Crippen LogP contribution in [0.25, 0.3) is 10.9 Å². The fourth-order valence-electron chi connectivity index (χ4n) is 2.15. The highest BCUT2D eigenvalue weighted by atomic mass is 19.1. The van der Waals surface area contributed by atoms with Crippen LogP contribution in [-0.4, -0.2) is 16.3 Å². The van der Waals surface area contributed by atoms with E-state index in [0.29, 0.717) is 16.5 Å². The zero-order chi connectivity index (χ0) is 14.1. The molecule has 2 aromatic carbocycles. The van der Waals surface area contributed by atoms with Gasteiger partial charge >= 0.3 is 0 Å². The third-order valence-corrected chi connectivity index (χ3v) is 3.12. The number of H-pyrrole nitrogens is 1.